The highest BCUT2D eigenvalue weighted by molar-refractivity contribution is 6.00. The number of amides is 3. The summed E-state index contributed by atoms with van der Waals surface area (Å²) in [6.45, 7) is 8.00. The fraction of sp³-hybridized carbons (Fsp3) is 0.333. The second-order valence-corrected chi connectivity index (χ2v) is 6.49. The molecule has 1 aromatic rings. The molecule has 3 amide bonds. The number of nitrogens with one attached hydrogen (secondary N) is 3. The summed E-state index contributed by atoms with van der Waals surface area (Å²) < 4.78 is 0. The molecule has 0 spiro atoms. The largest absolute Gasteiger partial charge is 0.395 e. The average molecular weight is 356 g/mol. The van der Waals surface area contributed by atoms with Crippen molar-refractivity contribution in [3.8, 4) is 0 Å². The minimum atomic E-state index is -0.522. The van der Waals surface area contributed by atoms with Crippen molar-refractivity contribution in [3.05, 3.63) is 53.5 Å². The highest BCUT2D eigenvalue weighted by Crippen LogP contribution is 2.18. The second kappa shape index (κ2) is 7.49. The Bertz CT molecular complexity index is 765. The van der Waals surface area contributed by atoms with Crippen LogP contribution in [0.3, 0.4) is 0 Å². The minimum Gasteiger partial charge on any atom is -0.395 e. The lowest BCUT2D eigenvalue weighted by molar-refractivity contribution is -0.118. The molecule has 2 aliphatic heterocycles. The zero-order valence-electron chi connectivity index (χ0n) is 14.8. The standard InChI is InChI=1S/C18H24N6O2/c1-12-15(19)16(22-18(26)21-12)17(25)20-11-13-4-3-5-14(10-13)24-8-6-23(2)7-9-24/h3-5,10H,1,6-9,11,19H2,2H3,(H,20,25)(H2,21,22,26). The lowest BCUT2D eigenvalue weighted by Crippen LogP contribution is -2.46. The van der Waals surface area contributed by atoms with Gasteiger partial charge in [-0.1, -0.05) is 18.7 Å². The molecule has 8 nitrogen and oxygen atoms in total. The number of anilines is 1. The summed E-state index contributed by atoms with van der Waals surface area (Å²) in [5, 5.41) is 7.63. The Morgan fingerprint density at radius 1 is 1.27 bits per heavy atom. The first-order valence-electron chi connectivity index (χ1n) is 8.51. The van der Waals surface area contributed by atoms with E-state index in [1.54, 1.807) is 0 Å². The van der Waals surface area contributed by atoms with Gasteiger partial charge < -0.3 is 31.5 Å². The number of carbonyl (C=O) groups excluding carboxylic acids is 2. The Kier molecular flexibility index (Phi) is 5.13. The van der Waals surface area contributed by atoms with E-state index < -0.39 is 11.9 Å². The van der Waals surface area contributed by atoms with Gasteiger partial charge in [-0.25, -0.2) is 4.79 Å². The number of likely N-dealkylation sites (N-methyl/N-ethyl adjacent to an activating group) is 1. The molecular weight excluding hydrogens is 332 g/mol. The van der Waals surface area contributed by atoms with Gasteiger partial charge in [0.15, 0.2) is 0 Å². The molecule has 0 bridgehead atoms. The second-order valence-electron chi connectivity index (χ2n) is 6.49. The van der Waals surface area contributed by atoms with E-state index in [0.717, 1.165) is 37.4 Å². The van der Waals surface area contributed by atoms with Gasteiger partial charge in [0.2, 0.25) is 0 Å². The molecule has 138 valence electrons. The number of hydrogen-bond acceptors (Lipinski definition) is 5. The van der Waals surface area contributed by atoms with Crippen molar-refractivity contribution < 1.29 is 9.59 Å². The summed E-state index contributed by atoms with van der Waals surface area (Å²) in [7, 11) is 2.12. The van der Waals surface area contributed by atoms with Gasteiger partial charge in [0.25, 0.3) is 5.91 Å². The van der Waals surface area contributed by atoms with Crippen LogP contribution in [0.25, 0.3) is 0 Å². The third-order valence-corrected chi connectivity index (χ3v) is 4.56. The predicted molar refractivity (Wildman–Crippen MR) is 100 cm³/mol. The van der Waals surface area contributed by atoms with Crippen molar-refractivity contribution in [1.29, 1.82) is 0 Å². The van der Waals surface area contributed by atoms with Crippen LogP contribution < -0.4 is 26.6 Å². The van der Waals surface area contributed by atoms with Crippen LogP contribution in [-0.4, -0.2) is 50.1 Å². The van der Waals surface area contributed by atoms with Crippen LogP contribution >= 0.6 is 0 Å². The van der Waals surface area contributed by atoms with E-state index in [2.05, 4.69) is 51.5 Å². The van der Waals surface area contributed by atoms with Gasteiger partial charge in [-0.2, -0.15) is 0 Å². The monoisotopic (exact) mass is 356 g/mol. The van der Waals surface area contributed by atoms with Gasteiger partial charge in [-0.15, -0.1) is 0 Å². The van der Waals surface area contributed by atoms with Gasteiger partial charge >= 0.3 is 6.03 Å². The highest BCUT2D eigenvalue weighted by atomic mass is 16.2. The highest BCUT2D eigenvalue weighted by Gasteiger charge is 2.23. The van der Waals surface area contributed by atoms with Crippen molar-refractivity contribution in [2.75, 3.05) is 38.1 Å². The summed E-state index contributed by atoms with van der Waals surface area (Å²) in [6, 6.07) is 7.57. The maximum absolute atomic E-state index is 12.3. The van der Waals surface area contributed by atoms with E-state index in [-0.39, 0.29) is 17.1 Å². The Hall–Kier alpha value is -3.00. The number of piperazine rings is 1. The van der Waals surface area contributed by atoms with Crippen molar-refractivity contribution in [2.24, 2.45) is 5.73 Å². The van der Waals surface area contributed by atoms with E-state index in [0.29, 0.717) is 6.54 Å². The first-order chi connectivity index (χ1) is 12.4. The summed E-state index contributed by atoms with van der Waals surface area (Å²) in [5.74, 6) is -0.441. The SMILES string of the molecule is C=C1NC(=O)NC(C(=O)NCc2cccc(N3CCN(C)CC3)c2)=C1N. The molecule has 0 unspecified atom stereocenters. The molecule has 3 rings (SSSR count). The van der Waals surface area contributed by atoms with Crippen molar-refractivity contribution in [2.45, 2.75) is 6.54 Å². The Morgan fingerprint density at radius 3 is 2.73 bits per heavy atom. The van der Waals surface area contributed by atoms with Gasteiger partial charge in [0, 0.05) is 38.4 Å². The van der Waals surface area contributed by atoms with E-state index >= 15 is 0 Å². The molecule has 0 radical (unpaired) electrons. The Morgan fingerprint density at radius 2 is 2.00 bits per heavy atom. The molecular formula is C18H24N6O2. The third-order valence-electron chi connectivity index (χ3n) is 4.56. The van der Waals surface area contributed by atoms with E-state index in [1.807, 2.05) is 12.1 Å². The first kappa shape index (κ1) is 17.8. The summed E-state index contributed by atoms with van der Waals surface area (Å²) >= 11 is 0. The fourth-order valence-electron chi connectivity index (χ4n) is 2.94. The van der Waals surface area contributed by atoms with Crippen LogP contribution in [0.15, 0.2) is 47.9 Å². The van der Waals surface area contributed by atoms with Gasteiger partial charge in [0.1, 0.15) is 5.70 Å². The lowest BCUT2D eigenvalue weighted by atomic mass is 10.1. The molecule has 2 aliphatic rings. The van der Waals surface area contributed by atoms with E-state index in [9.17, 15) is 9.59 Å². The van der Waals surface area contributed by atoms with Crippen LogP contribution in [0.1, 0.15) is 5.56 Å². The quantitative estimate of drug-likeness (QED) is 0.611. The van der Waals surface area contributed by atoms with Crippen LogP contribution in [0.4, 0.5) is 10.5 Å². The van der Waals surface area contributed by atoms with E-state index in [4.69, 9.17) is 5.73 Å². The molecule has 0 atom stereocenters. The molecule has 1 aromatic carbocycles. The maximum Gasteiger partial charge on any atom is 0.323 e. The zero-order chi connectivity index (χ0) is 18.7. The third kappa shape index (κ3) is 3.97. The van der Waals surface area contributed by atoms with Crippen LogP contribution in [-0.2, 0) is 11.3 Å². The molecule has 0 aromatic heterocycles. The molecule has 5 N–H and O–H groups in total. The Labute approximate surface area is 152 Å². The van der Waals surface area contributed by atoms with Crippen molar-refractivity contribution >= 4 is 17.6 Å². The lowest BCUT2D eigenvalue weighted by Gasteiger charge is -2.34. The van der Waals surface area contributed by atoms with Crippen LogP contribution in [0, 0.1) is 0 Å². The maximum atomic E-state index is 12.3. The number of urea groups is 1. The zero-order valence-corrected chi connectivity index (χ0v) is 14.8. The number of rotatable bonds is 4. The van der Waals surface area contributed by atoms with Gasteiger partial charge in [-0.05, 0) is 24.7 Å². The van der Waals surface area contributed by atoms with Crippen LogP contribution in [0.5, 0.6) is 0 Å². The normalized spacial score (nSPS) is 18.4. The average Bonchev–Trinajstić information content (AvgIpc) is 2.63. The molecule has 0 aliphatic carbocycles. The smallest absolute Gasteiger partial charge is 0.323 e. The predicted octanol–water partition coefficient (Wildman–Crippen LogP) is 0.0514. The molecule has 2 heterocycles. The molecule has 1 saturated heterocycles. The molecule has 26 heavy (non-hydrogen) atoms. The number of benzene rings is 1. The van der Waals surface area contributed by atoms with Crippen molar-refractivity contribution in [3.63, 3.8) is 0 Å². The Balaban J connectivity index is 1.64. The summed E-state index contributed by atoms with van der Waals surface area (Å²) in [5.41, 5.74) is 8.32. The minimum absolute atomic E-state index is 0.0222. The summed E-state index contributed by atoms with van der Waals surface area (Å²) in [6.07, 6.45) is 0. The molecule has 8 heteroatoms. The number of nitrogens with zero attached hydrogens (tertiary/aromatic N) is 2. The van der Waals surface area contributed by atoms with Crippen LogP contribution in [0.2, 0.25) is 0 Å². The topological polar surface area (TPSA) is 103 Å². The van der Waals surface area contributed by atoms with Crippen molar-refractivity contribution in [1.82, 2.24) is 20.9 Å². The fourth-order valence-corrected chi connectivity index (χ4v) is 2.94. The first-order valence-corrected chi connectivity index (χ1v) is 8.51. The summed E-state index contributed by atoms with van der Waals surface area (Å²) in [4.78, 5) is 28.5. The number of nitrogens with two attached hydrogens (primary N) is 1. The number of hydrogen-bond donors (Lipinski definition) is 4. The van der Waals surface area contributed by atoms with Gasteiger partial charge in [0.05, 0.1) is 11.4 Å². The van der Waals surface area contributed by atoms with Gasteiger partial charge in [-0.3, -0.25) is 4.79 Å². The molecule has 1 fully saturated rings. The molecule has 0 saturated carbocycles. The number of carbonyl (C=O) groups is 2. The van der Waals surface area contributed by atoms with E-state index in [1.165, 1.54) is 0 Å².